The molecule has 0 saturated carbocycles. The second-order valence-electron chi connectivity index (χ2n) is 5.06. The van der Waals surface area contributed by atoms with Crippen LogP contribution in [0.25, 0.3) is 0 Å². The van der Waals surface area contributed by atoms with Gasteiger partial charge in [-0.1, -0.05) is 29.3 Å². The number of benzene rings is 2. The van der Waals surface area contributed by atoms with Crippen molar-refractivity contribution in [1.82, 2.24) is 0 Å². The normalized spacial score (nSPS) is 11.1. The Balaban J connectivity index is 2.38. The number of carbonyl (C=O) groups is 1. The third kappa shape index (κ3) is 3.83. The highest BCUT2D eigenvalue weighted by Gasteiger charge is 2.18. The largest absolute Gasteiger partial charge is 0.465 e. The number of sulfonamides is 1. The summed E-state index contributed by atoms with van der Waals surface area (Å²) in [6.45, 7) is 3.55. The van der Waals surface area contributed by atoms with Crippen molar-refractivity contribution in [3.05, 3.63) is 58.1 Å². The second kappa shape index (κ2) is 6.60. The lowest BCUT2D eigenvalue weighted by atomic mass is 10.1. The Kier molecular flexibility index (Phi) is 4.97. The molecule has 5 nitrogen and oxygen atoms in total. The molecule has 0 radical (unpaired) electrons. The average Bonchev–Trinajstić information content (AvgIpc) is 2.50. The molecule has 2 aromatic carbocycles. The maximum atomic E-state index is 12.4. The van der Waals surface area contributed by atoms with Crippen LogP contribution in [0.1, 0.15) is 21.5 Å². The molecule has 0 aromatic heterocycles. The van der Waals surface area contributed by atoms with Gasteiger partial charge in [0, 0.05) is 0 Å². The summed E-state index contributed by atoms with van der Waals surface area (Å²) in [5.41, 5.74) is 2.02. The predicted octanol–water partition coefficient (Wildman–Crippen LogP) is 3.54. The van der Waals surface area contributed by atoms with Crippen LogP contribution < -0.4 is 4.72 Å². The Morgan fingerprint density at radius 1 is 1.13 bits per heavy atom. The molecule has 0 spiro atoms. The molecular weight excluding hydrogens is 338 g/mol. The summed E-state index contributed by atoms with van der Waals surface area (Å²) < 4.78 is 31.9. The molecule has 0 aliphatic heterocycles. The lowest BCUT2D eigenvalue weighted by Crippen LogP contribution is -2.14. The first-order valence-electron chi connectivity index (χ1n) is 6.72. The van der Waals surface area contributed by atoms with Crippen molar-refractivity contribution in [3.63, 3.8) is 0 Å². The predicted molar refractivity (Wildman–Crippen MR) is 89.5 cm³/mol. The SMILES string of the molecule is COC(=O)c1cc(C)c(NS(=O)(=O)c2ccc(C)cc2)cc1Cl. The van der Waals surface area contributed by atoms with E-state index in [-0.39, 0.29) is 15.5 Å². The van der Waals surface area contributed by atoms with Crippen LogP contribution in [0.4, 0.5) is 5.69 Å². The van der Waals surface area contributed by atoms with Crippen molar-refractivity contribution in [1.29, 1.82) is 0 Å². The van der Waals surface area contributed by atoms with Crippen molar-refractivity contribution in [2.24, 2.45) is 0 Å². The van der Waals surface area contributed by atoms with E-state index in [9.17, 15) is 13.2 Å². The Hall–Kier alpha value is -2.05. The summed E-state index contributed by atoms with van der Waals surface area (Å²) in [4.78, 5) is 11.7. The summed E-state index contributed by atoms with van der Waals surface area (Å²) >= 11 is 6.03. The average molecular weight is 354 g/mol. The quantitative estimate of drug-likeness (QED) is 0.853. The van der Waals surface area contributed by atoms with Gasteiger partial charge in [0.25, 0.3) is 10.0 Å². The minimum atomic E-state index is -3.73. The lowest BCUT2D eigenvalue weighted by molar-refractivity contribution is 0.0601. The van der Waals surface area contributed by atoms with Gasteiger partial charge in [0.2, 0.25) is 0 Å². The fourth-order valence-corrected chi connectivity index (χ4v) is 3.34. The van der Waals surface area contributed by atoms with E-state index in [0.29, 0.717) is 11.3 Å². The van der Waals surface area contributed by atoms with Gasteiger partial charge >= 0.3 is 5.97 Å². The van der Waals surface area contributed by atoms with Crippen LogP contribution >= 0.6 is 11.6 Å². The number of hydrogen-bond donors (Lipinski definition) is 1. The second-order valence-corrected chi connectivity index (χ2v) is 7.15. The summed E-state index contributed by atoms with van der Waals surface area (Å²) in [6, 6.07) is 9.37. The van der Waals surface area contributed by atoms with Crippen LogP contribution in [0.2, 0.25) is 5.02 Å². The van der Waals surface area contributed by atoms with Crippen LogP contribution in [0.3, 0.4) is 0 Å². The van der Waals surface area contributed by atoms with Gasteiger partial charge in [-0.05, 0) is 43.7 Å². The van der Waals surface area contributed by atoms with Crippen molar-refractivity contribution >= 4 is 33.3 Å². The zero-order chi connectivity index (χ0) is 17.2. The van der Waals surface area contributed by atoms with E-state index < -0.39 is 16.0 Å². The maximum Gasteiger partial charge on any atom is 0.339 e. The van der Waals surface area contributed by atoms with E-state index >= 15 is 0 Å². The number of carbonyl (C=O) groups excluding carboxylic acids is 1. The molecule has 0 aliphatic carbocycles. The van der Waals surface area contributed by atoms with Crippen LogP contribution in [-0.4, -0.2) is 21.5 Å². The molecular formula is C16H16ClNO4S. The Morgan fingerprint density at radius 3 is 2.30 bits per heavy atom. The van der Waals surface area contributed by atoms with Gasteiger partial charge in [0.15, 0.2) is 0 Å². The number of hydrogen-bond acceptors (Lipinski definition) is 4. The van der Waals surface area contributed by atoms with Crippen molar-refractivity contribution < 1.29 is 17.9 Å². The van der Waals surface area contributed by atoms with E-state index in [2.05, 4.69) is 9.46 Å². The van der Waals surface area contributed by atoms with E-state index in [0.717, 1.165) is 5.56 Å². The topological polar surface area (TPSA) is 72.5 Å². The number of methoxy groups -OCH3 is 1. The number of aryl methyl sites for hydroxylation is 2. The monoisotopic (exact) mass is 353 g/mol. The van der Waals surface area contributed by atoms with Crippen LogP contribution in [0.5, 0.6) is 0 Å². The maximum absolute atomic E-state index is 12.4. The molecule has 0 aliphatic rings. The van der Waals surface area contributed by atoms with Gasteiger partial charge in [0.05, 0.1) is 28.3 Å². The van der Waals surface area contributed by atoms with Gasteiger partial charge in [0.1, 0.15) is 0 Å². The Bertz CT molecular complexity index is 845. The molecule has 0 amide bonds. The first kappa shape index (κ1) is 17.3. The molecule has 0 saturated heterocycles. The van der Waals surface area contributed by atoms with E-state index in [4.69, 9.17) is 11.6 Å². The smallest absolute Gasteiger partial charge is 0.339 e. The van der Waals surface area contributed by atoms with Gasteiger partial charge in [-0.2, -0.15) is 0 Å². The zero-order valence-electron chi connectivity index (χ0n) is 12.9. The molecule has 0 unspecified atom stereocenters. The lowest BCUT2D eigenvalue weighted by Gasteiger charge is -2.13. The molecule has 7 heteroatoms. The number of nitrogens with one attached hydrogen (secondary N) is 1. The number of anilines is 1. The molecule has 0 heterocycles. The molecule has 0 atom stereocenters. The molecule has 1 N–H and O–H groups in total. The van der Waals surface area contributed by atoms with Crippen molar-refractivity contribution in [2.75, 3.05) is 11.8 Å². The minimum absolute atomic E-state index is 0.115. The molecule has 0 bridgehead atoms. The first-order chi connectivity index (χ1) is 10.7. The summed E-state index contributed by atoms with van der Waals surface area (Å²) in [5.74, 6) is -0.578. The van der Waals surface area contributed by atoms with Gasteiger partial charge in [-0.15, -0.1) is 0 Å². The van der Waals surface area contributed by atoms with E-state index in [1.807, 2.05) is 6.92 Å². The van der Waals surface area contributed by atoms with Crippen molar-refractivity contribution in [2.45, 2.75) is 18.7 Å². The molecule has 0 fully saturated rings. The number of rotatable bonds is 4. The first-order valence-corrected chi connectivity index (χ1v) is 8.58. The number of esters is 1. The molecule has 2 aromatic rings. The summed E-state index contributed by atoms with van der Waals surface area (Å²) in [5, 5.41) is 0.115. The fraction of sp³-hybridized carbons (Fsp3) is 0.188. The minimum Gasteiger partial charge on any atom is -0.465 e. The number of ether oxygens (including phenoxy) is 1. The third-order valence-electron chi connectivity index (χ3n) is 3.29. The number of halogens is 1. The van der Waals surface area contributed by atoms with Gasteiger partial charge in [-0.25, -0.2) is 13.2 Å². The third-order valence-corrected chi connectivity index (χ3v) is 4.99. The van der Waals surface area contributed by atoms with Crippen LogP contribution in [0.15, 0.2) is 41.3 Å². The van der Waals surface area contributed by atoms with Gasteiger partial charge < -0.3 is 4.74 Å². The summed E-state index contributed by atoms with van der Waals surface area (Å²) in [6.07, 6.45) is 0. The Morgan fingerprint density at radius 2 is 1.74 bits per heavy atom. The highest BCUT2D eigenvalue weighted by molar-refractivity contribution is 7.92. The van der Waals surface area contributed by atoms with Crippen molar-refractivity contribution in [3.8, 4) is 0 Å². The molecule has 23 heavy (non-hydrogen) atoms. The zero-order valence-corrected chi connectivity index (χ0v) is 14.5. The van der Waals surface area contributed by atoms with Crippen LogP contribution in [-0.2, 0) is 14.8 Å². The summed E-state index contributed by atoms with van der Waals surface area (Å²) in [7, 11) is -2.48. The van der Waals surface area contributed by atoms with Gasteiger partial charge in [-0.3, -0.25) is 4.72 Å². The molecule has 122 valence electrons. The van der Waals surface area contributed by atoms with Crippen LogP contribution in [0, 0.1) is 13.8 Å². The van der Waals surface area contributed by atoms with E-state index in [1.54, 1.807) is 19.1 Å². The molecule has 2 rings (SSSR count). The Labute approximate surface area is 140 Å². The van der Waals surface area contributed by atoms with E-state index in [1.165, 1.54) is 31.4 Å². The standard InChI is InChI=1S/C16H16ClNO4S/c1-10-4-6-12(7-5-10)23(20,21)18-15-9-14(17)13(8-11(15)2)16(19)22-3/h4-9,18H,1-3H3. The fourth-order valence-electron chi connectivity index (χ4n) is 1.98. The highest BCUT2D eigenvalue weighted by Crippen LogP contribution is 2.27. The highest BCUT2D eigenvalue weighted by atomic mass is 35.5.